The number of imide groups is 1. The molecule has 1 atom stereocenters. The second-order valence-electron chi connectivity index (χ2n) is 14.8. The lowest BCUT2D eigenvalue weighted by Crippen LogP contribution is -2.52. The van der Waals surface area contributed by atoms with Crippen LogP contribution in [-0.4, -0.2) is 85.4 Å². The number of rotatable bonds is 7. The van der Waals surface area contributed by atoms with Crippen molar-refractivity contribution in [2.24, 2.45) is 7.05 Å². The first-order valence-electron chi connectivity index (χ1n) is 18.2. The van der Waals surface area contributed by atoms with E-state index in [0.717, 1.165) is 67.6 Å². The van der Waals surface area contributed by atoms with E-state index in [9.17, 15) is 24.3 Å². The summed E-state index contributed by atoms with van der Waals surface area (Å²) in [4.78, 5) is 64.9. The number of aryl methyl sites for hydroxylation is 2. The molecule has 3 fully saturated rings. The number of nitrogens with one attached hydrogen (secondary N) is 2. The Morgan fingerprint density at radius 3 is 2.44 bits per heavy atom. The molecule has 2 aromatic heterocycles. The summed E-state index contributed by atoms with van der Waals surface area (Å²) < 4.78 is 1.56. The second-order valence-corrected chi connectivity index (χ2v) is 14.8. The molecule has 13 heteroatoms. The van der Waals surface area contributed by atoms with Gasteiger partial charge in [0.15, 0.2) is 0 Å². The van der Waals surface area contributed by atoms with Gasteiger partial charge < -0.3 is 20.2 Å². The molecule has 3 saturated heterocycles. The summed E-state index contributed by atoms with van der Waals surface area (Å²) >= 11 is 0. The lowest BCUT2D eigenvalue weighted by molar-refractivity contribution is -0.136. The summed E-state index contributed by atoms with van der Waals surface area (Å²) in [5.74, 6) is -0.384. The van der Waals surface area contributed by atoms with Crippen LogP contribution < -0.4 is 21.1 Å². The third kappa shape index (κ3) is 6.43. The molecule has 0 spiro atoms. The third-order valence-electron chi connectivity index (χ3n) is 11.5. The predicted molar refractivity (Wildman–Crippen MR) is 196 cm³/mol. The Labute approximate surface area is 301 Å². The van der Waals surface area contributed by atoms with Gasteiger partial charge in [-0.1, -0.05) is 24.3 Å². The highest BCUT2D eigenvalue weighted by molar-refractivity contribution is 6.05. The Balaban J connectivity index is 0.826. The number of hydrogen-bond donors (Lipinski definition) is 3. The molecule has 3 amide bonds. The third-order valence-corrected chi connectivity index (χ3v) is 11.5. The summed E-state index contributed by atoms with van der Waals surface area (Å²) in [6.07, 6.45) is 5.40. The summed E-state index contributed by atoms with van der Waals surface area (Å²) in [6.45, 7) is 6.33. The predicted octanol–water partition coefficient (Wildman–Crippen LogP) is 2.96. The molecule has 0 aliphatic carbocycles. The molecule has 1 unspecified atom stereocenters. The number of piperidine rings is 3. The molecule has 2 aromatic carbocycles. The molecule has 6 heterocycles. The van der Waals surface area contributed by atoms with Crippen molar-refractivity contribution in [3.63, 3.8) is 0 Å². The van der Waals surface area contributed by atoms with Gasteiger partial charge in [0, 0.05) is 87.7 Å². The number of pyridine rings is 1. The van der Waals surface area contributed by atoms with E-state index in [1.165, 1.54) is 11.3 Å². The maximum atomic E-state index is 13.1. The van der Waals surface area contributed by atoms with Gasteiger partial charge in [-0.05, 0) is 79.5 Å². The van der Waals surface area contributed by atoms with Crippen LogP contribution in [0.15, 0.2) is 59.5 Å². The van der Waals surface area contributed by atoms with Crippen molar-refractivity contribution in [1.82, 2.24) is 29.7 Å². The molecule has 13 nitrogen and oxygen atoms in total. The standard InChI is InChI=1S/C39H44N8O5/c1-24-19-34(49)44(2)35-31(24)21-40-38(43-35)41-28-11-15-46(16-12-28)29-6-3-25(4-7-29)22-45-17-13-39(52,14-18-45)27-5-8-30-26(20-27)23-47(37(30)51)32-9-10-33(48)42-36(32)50/h3-8,19-21,28,32,52H,9-18,22-23H2,1-2H3,(H,40,41,43)(H,42,48,50). The van der Waals surface area contributed by atoms with Crippen LogP contribution >= 0.6 is 0 Å². The van der Waals surface area contributed by atoms with Gasteiger partial charge in [-0.2, -0.15) is 4.98 Å². The van der Waals surface area contributed by atoms with E-state index in [-0.39, 0.29) is 29.8 Å². The maximum Gasteiger partial charge on any atom is 0.255 e. The highest BCUT2D eigenvalue weighted by Crippen LogP contribution is 2.37. The Bertz CT molecular complexity index is 2120. The zero-order valence-corrected chi connectivity index (χ0v) is 29.6. The molecule has 3 N–H and O–H groups in total. The first-order valence-corrected chi connectivity index (χ1v) is 18.2. The van der Waals surface area contributed by atoms with E-state index in [4.69, 9.17) is 0 Å². The van der Waals surface area contributed by atoms with Crippen molar-refractivity contribution in [3.8, 4) is 0 Å². The quantitative estimate of drug-likeness (QED) is 0.245. The molecule has 4 aromatic rings. The number of hydrogen-bond acceptors (Lipinski definition) is 10. The zero-order chi connectivity index (χ0) is 36.1. The van der Waals surface area contributed by atoms with E-state index >= 15 is 0 Å². The topological polar surface area (TPSA) is 153 Å². The zero-order valence-electron chi connectivity index (χ0n) is 29.6. The summed E-state index contributed by atoms with van der Waals surface area (Å²) in [7, 11) is 1.74. The van der Waals surface area contributed by atoms with Crippen molar-refractivity contribution in [2.75, 3.05) is 36.4 Å². The lowest BCUT2D eigenvalue weighted by Gasteiger charge is -2.39. The van der Waals surface area contributed by atoms with E-state index in [1.807, 2.05) is 19.1 Å². The van der Waals surface area contributed by atoms with Crippen LogP contribution in [0.4, 0.5) is 11.6 Å². The summed E-state index contributed by atoms with van der Waals surface area (Å²) in [5.41, 5.74) is 5.06. The molecule has 52 heavy (non-hydrogen) atoms. The molecule has 0 radical (unpaired) electrons. The second kappa shape index (κ2) is 13.4. The highest BCUT2D eigenvalue weighted by atomic mass is 16.3. The smallest absolute Gasteiger partial charge is 0.255 e. The maximum absolute atomic E-state index is 13.1. The SMILES string of the molecule is Cc1cc(=O)n(C)c2nc(NC3CCN(c4ccc(CN5CCC(O)(c6ccc7c(c6)CN(C6CCC(=O)NC6=O)C7=O)CC5)cc4)CC3)ncc12. The van der Waals surface area contributed by atoms with Gasteiger partial charge in [0.1, 0.15) is 11.7 Å². The van der Waals surface area contributed by atoms with Gasteiger partial charge >= 0.3 is 0 Å². The van der Waals surface area contributed by atoms with Crippen molar-refractivity contribution < 1.29 is 19.5 Å². The fourth-order valence-corrected chi connectivity index (χ4v) is 8.21. The molecule has 0 saturated carbocycles. The van der Waals surface area contributed by atoms with E-state index < -0.39 is 17.6 Å². The molecular weight excluding hydrogens is 660 g/mol. The largest absolute Gasteiger partial charge is 0.385 e. The number of aliphatic hydroxyl groups is 1. The molecule has 4 aliphatic heterocycles. The number of likely N-dealkylation sites (tertiary alicyclic amines) is 1. The Morgan fingerprint density at radius 1 is 0.962 bits per heavy atom. The number of fused-ring (bicyclic) bond motifs is 2. The van der Waals surface area contributed by atoms with Crippen LogP contribution in [0.2, 0.25) is 0 Å². The Kier molecular flexibility index (Phi) is 8.78. The van der Waals surface area contributed by atoms with Crippen LogP contribution in [0.5, 0.6) is 0 Å². The average Bonchev–Trinajstić information content (AvgIpc) is 3.47. The first-order chi connectivity index (χ1) is 25.0. The average molecular weight is 705 g/mol. The van der Waals surface area contributed by atoms with Gasteiger partial charge in [0.2, 0.25) is 17.8 Å². The Hall–Kier alpha value is -5.14. The number of aromatic nitrogens is 3. The van der Waals surface area contributed by atoms with Crippen LogP contribution in [0.25, 0.3) is 11.0 Å². The number of anilines is 2. The monoisotopic (exact) mass is 704 g/mol. The first kappa shape index (κ1) is 34.0. The minimum Gasteiger partial charge on any atom is -0.385 e. The minimum absolute atomic E-state index is 0.0767. The van der Waals surface area contributed by atoms with Crippen molar-refractivity contribution in [1.29, 1.82) is 0 Å². The van der Waals surface area contributed by atoms with E-state index in [2.05, 4.69) is 54.7 Å². The number of carbonyl (C=O) groups excluding carboxylic acids is 3. The van der Waals surface area contributed by atoms with Crippen molar-refractivity contribution >= 4 is 40.4 Å². The van der Waals surface area contributed by atoms with Crippen LogP contribution in [0.1, 0.15) is 71.1 Å². The van der Waals surface area contributed by atoms with Crippen LogP contribution in [0, 0.1) is 6.92 Å². The molecular formula is C39H44N8O5. The van der Waals surface area contributed by atoms with Crippen molar-refractivity contribution in [2.45, 2.75) is 76.2 Å². The van der Waals surface area contributed by atoms with E-state index in [1.54, 1.807) is 34.8 Å². The van der Waals surface area contributed by atoms with Gasteiger partial charge in [-0.15, -0.1) is 0 Å². The number of nitrogens with zero attached hydrogens (tertiary/aromatic N) is 6. The minimum atomic E-state index is -0.987. The highest BCUT2D eigenvalue weighted by Gasteiger charge is 2.41. The fourth-order valence-electron chi connectivity index (χ4n) is 8.21. The Morgan fingerprint density at radius 2 is 1.71 bits per heavy atom. The normalized spacial score (nSPS) is 21.1. The van der Waals surface area contributed by atoms with Crippen LogP contribution in [0.3, 0.4) is 0 Å². The summed E-state index contributed by atoms with van der Waals surface area (Å²) in [5, 5.41) is 18.4. The van der Waals surface area contributed by atoms with E-state index in [0.29, 0.717) is 43.0 Å². The molecule has 4 aliphatic rings. The number of carbonyl (C=O) groups is 3. The fraction of sp³-hybridized carbons (Fsp3) is 0.436. The summed E-state index contributed by atoms with van der Waals surface area (Å²) in [6, 6.07) is 15.5. The van der Waals surface area contributed by atoms with Crippen molar-refractivity contribution in [3.05, 3.63) is 92.9 Å². The molecule has 270 valence electrons. The lowest BCUT2D eigenvalue weighted by atomic mass is 9.83. The van der Waals surface area contributed by atoms with Gasteiger partial charge in [0.25, 0.3) is 11.5 Å². The van der Waals surface area contributed by atoms with Gasteiger partial charge in [0.05, 0.1) is 5.60 Å². The van der Waals surface area contributed by atoms with Gasteiger partial charge in [-0.3, -0.25) is 34.0 Å². The molecule has 8 rings (SSSR count). The number of amides is 3. The molecule has 0 bridgehead atoms. The van der Waals surface area contributed by atoms with Crippen LogP contribution in [-0.2, 0) is 35.3 Å². The number of benzene rings is 2. The van der Waals surface area contributed by atoms with Gasteiger partial charge in [-0.25, -0.2) is 4.98 Å².